The highest BCUT2D eigenvalue weighted by Gasteiger charge is 2.17. The van der Waals surface area contributed by atoms with Crippen LogP contribution in [-0.4, -0.2) is 32.6 Å². The smallest absolute Gasteiger partial charge is 0.231 e. The summed E-state index contributed by atoms with van der Waals surface area (Å²) < 4.78 is 27.6. The van der Waals surface area contributed by atoms with Gasteiger partial charge in [0.1, 0.15) is 5.52 Å². The normalized spacial score (nSPS) is 12.6. The van der Waals surface area contributed by atoms with E-state index in [1.54, 1.807) is 15.3 Å². The van der Waals surface area contributed by atoms with E-state index in [0.29, 0.717) is 33.6 Å². The number of halogens is 1. The maximum absolute atomic E-state index is 12.8. The zero-order chi connectivity index (χ0) is 19.1. The summed E-state index contributed by atoms with van der Waals surface area (Å²) in [5.74, 6) is 1.78. The first-order valence-electron chi connectivity index (χ1n) is 8.35. The standard InChI is InChI=1S/C18H18FN5O2S/c1-10-6-14-15(26-9-25-14)7-12(10)21-17-20-8-13-16(22-17)24(11(2)4-5-19)18(27)23(13)3/h6-8H,2,4-5,9H2,1,3H3,(H,20,21,22). The Morgan fingerprint density at radius 2 is 2.11 bits per heavy atom. The zero-order valence-electron chi connectivity index (χ0n) is 15.0. The van der Waals surface area contributed by atoms with E-state index < -0.39 is 6.67 Å². The van der Waals surface area contributed by atoms with E-state index in [9.17, 15) is 4.39 Å². The summed E-state index contributed by atoms with van der Waals surface area (Å²) in [4.78, 5) is 8.97. The maximum Gasteiger partial charge on any atom is 0.231 e. The monoisotopic (exact) mass is 387 g/mol. The van der Waals surface area contributed by atoms with Crippen LogP contribution in [0.15, 0.2) is 24.9 Å². The first-order valence-corrected chi connectivity index (χ1v) is 8.76. The van der Waals surface area contributed by atoms with Gasteiger partial charge in [0, 0.05) is 30.9 Å². The van der Waals surface area contributed by atoms with Crippen molar-refractivity contribution >= 4 is 40.7 Å². The molecule has 0 spiro atoms. The van der Waals surface area contributed by atoms with Crippen LogP contribution in [0.3, 0.4) is 0 Å². The molecule has 0 aliphatic carbocycles. The average molecular weight is 387 g/mol. The Labute approximate surface area is 160 Å². The number of hydrogen-bond donors (Lipinski definition) is 1. The van der Waals surface area contributed by atoms with Gasteiger partial charge in [-0.1, -0.05) is 6.58 Å². The number of hydrogen-bond acceptors (Lipinski definition) is 6. The topological polar surface area (TPSA) is 66.1 Å². The van der Waals surface area contributed by atoms with Crippen LogP contribution in [0.4, 0.5) is 16.0 Å². The van der Waals surface area contributed by atoms with E-state index in [1.807, 2.05) is 26.1 Å². The molecule has 1 N–H and O–H groups in total. The fourth-order valence-corrected chi connectivity index (χ4v) is 3.29. The quantitative estimate of drug-likeness (QED) is 0.665. The van der Waals surface area contributed by atoms with E-state index >= 15 is 0 Å². The summed E-state index contributed by atoms with van der Waals surface area (Å²) in [7, 11) is 1.82. The number of imidazole rings is 1. The van der Waals surface area contributed by atoms with Crippen LogP contribution in [-0.2, 0) is 7.05 Å². The van der Waals surface area contributed by atoms with Gasteiger partial charge in [-0.05, 0) is 30.8 Å². The Hall–Kier alpha value is -2.94. The summed E-state index contributed by atoms with van der Waals surface area (Å²) in [6, 6.07) is 3.75. The predicted molar refractivity (Wildman–Crippen MR) is 104 cm³/mol. The molecule has 1 aliphatic rings. The van der Waals surface area contributed by atoms with E-state index in [2.05, 4.69) is 21.9 Å². The number of fused-ring (bicyclic) bond motifs is 2. The van der Waals surface area contributed by atoms with Crippen LogP contribution in [0, 0.1) is 11.7 Å². The molecule has 0 bridgehead atoms. The van der Waals surface area contributed by atoms with Crippen LogP contribution in [0.2, 0.25) is 0 Å². The number of aromatic nitrogens is 4. The summed E-state index contributed by atoms with van der Waals surface area (Å²) in [5.41, 5.74) is 3.65. The third-order valence-electron chi connectivity index (χ3n) is 4.47. The number of nitrogens with zero attached hydrogens (tertiary/aromatic N) is 4. The molecule has 0 fully saturated rings. The van der Waals surface area contributed by atoms with Crippen LogP contribution >= 0.6 is 12.2 Å². The molecule has 1 aromatic carbocycles. The Morgan fingerprint density at radius 1 is 1.37 bits per heavy atom. The van der Waals surface area contributed by atoms with Crippen molar-refractivity contribution < 1.29 is 13.9 Å². The maximum atomic E-state index is 12.8. The van der Waals surface area contributed by atoms with Crippen molar-refractivity contribution in [2.24, 2.45) is 7.05 Å². The van der Waals surface area contributed by atoms with Crippen LogP contribution in [0.5, 0.6) is 11.5 Å². The Morgan fingerprint density at radius 3 is 2.85 bits per heavy atom. The summed E-state index contributed by atoms with van der Waals surface area (Å²) in [6.45, 7) is 5.59. The minimum Gasteiger partial charge on any atom is -0.454 e. The van der Waals surface area contributed by atoms with Crippen LogP contribution in [0.25, 0.3) is 16.9 Å². The molecule has 0 atom stereocenters. The molecule has 4 rings (SSSR count). The zero-order valence-corrected chi connectivity index (χ0v) is 15.8. The number of nitrogens with one attached hydrogen (secondary N) is 1. The van der Waals surface area contributed by atoms with Crippen molar-refractivity contribution in [2.75, 3.05) is 18.8 Å². The number of ether oxygens (including phenoxy) is 2. The third kappa shape index (κ3) is 2.93. The third-order valence-corrected chi connectivity index (χ3v) is 4.92. The predicted octanol–water partition coefficient (Wildman–Crippen LogP) is 4.11. The summed E-state index contributed by atoms with van der Waals surface area (Å²) in [5, 5.41) is 3.20. The molecular formula is C18H18FN5O2S. The van der Waals surface area contributed by atoms with E-state index in [0.717, 1.165) is 16.8 Å². The molecule has 0 saturated carbocycles. The second kappa shape index (κ2) is 6.66. The molecule has 1 aliphatic heterocycles. The fraction of sp³-hybridized carbons (Fsp3) is 0.278. The number of benzene rings is 1. The van der Waals surface area contributed by atoms with Crippen molar-refractivity contribution in [2.45, 2.75) is 13.3 Å². The molecule has 0 radical (unpaired) electrons. The van der Waals surface area contributed by atoms with E-state index in [-0.39, 0.29) is 13.2 Å². The SMILES string of the molecule is C=C(CCF)n1c(=S)n(C)c2cnc(Nc3cc4c(cc3C)OCO4)nc21. The summed E-state index contributed by atoms with van der Waals surface area (Å²) in [6.07, 6.45) is 1.86. The molecule has 0 amide bonds. The molecule has 27 heavy (non-hydrogen) atoms. The lowest BCUT2D eigenvalue weighted by Crippen LogP contribution is -2.02. The van der Waals surface area contributed by atoms with Gasteiger partial charge in [0.15, 0.2) is 21.9 Å². The van der Waals surface area contributed by atoms with Gasteiger partial charge in [-0.15, -0.1) is 0 Å². The van der Waals surface area contributed by atoms with Gasteiger partial charge in [-0.3, -0.25) is 8.96 Å². The van der Waals surface area contributed by atoms with Gasteiger partial charge in [0.05, 0.1) is 12.9 Å². The number of rotatable bonds is 5. The van der Waals surface area contributed by atoms with Gasteiger partial charge in [0.2, 0.25) is 12.7 Å². The Kier molecular flexibility index (Phi) is 4.31. The lowest BCUT2D eigenvalue weighted by Gasteiger charge is -2.10. The van der Waals surface area contributed by atoms with E-state index in [1.165, 1.54) is 0 Å². The van der Waals surface area contributed by atoms with Gasteiger partial charge >= 0.3 is 0 Å². The molecule has 140 valence electrons. The van der Waals surface area contributed by atoms with Gasteiger partial charge < -0.3 is 19.4 Å². The van der Waals surface area contributed by atoms with Crippen LogP contribution in [0.1, 0.15) is 12.0 Å². The minimum absolute atomic E-state index is 0.182. The lowest BCUT2D eigenvalue weighted by molar-refractivity contribution is 0.174. The molecular weight excluding hydrogens is 369 g/mol. The number of aryl methyl sites for hydroxylation is 2. The number of allylic oxidation sites excluding steroid dienone is 1. The van der Waals surface area contributed by atoms with E-state index in [4.69, 9.17) is 21.7 Å². The highest BCUT2D eigenvalue weighted by atomic mass is 32.1. The van der Waals surface area contributed by atoms with Crippen molar-refractivity contribution in [1.29, 1.82) is 0 Å². The second-order valence-corrected chi connectivity index (χ2v) is 6.60. The lowest BCUT2D eigenvalue weighted by atomic mass is 10.2. The van der Waals surface area contributed by atoms with Gasteiger partial charge in [-0.25, -0.2) is 4.98 Å². The second-order valence-electron chi connectivity index (χ2n) is 6.23. The Bertz CT molecular complexity index is 1120. The number of alkyl halides is 1. The fourth-order valence-electron chi connectivity index (χ4n) is 2.98. The minimum atomic E-state index is -0.510. The summed E-state index contributed by atoms with van der Waals surface area (Å²) >= 11 is 5.46. The highest BCUT2D eigenvalue weighted by Crippen LogP contribution is 2.37. The van der Waals surface area contributed by atoms with Crippen LogP contribution < -0.4 is 14.8 Å². The largest absolute Gasteiger partial charge is 0.454 e. The van der Waals surface area contributed by atoms with Gasteiger partial charge in [0.25, 0.3) is 0 Å². The average Bonchev–Trinajstić information content (AvgIpc) is 3.18. The van der Waals surface area contributed by atoms with Crippen molar-refractivity contribution in [3.8, 4) is 11.5 Å². The molecule has 0 unspecified atom stereocenters. The first kappa shape index (κ1) is 17.5. The van der Waals surface area contributed by atoms with Crippen molar-refractivity contribution in [3.05, 3.63) is 35.2 Å². The molecule has 3 aromatic rings. The van der Waals surface area contributed by atoms with Gasteiger partial charge in [-0.2, -0.15) is 4.98 Å². The number of anilines is 2. The molecule has 2 aromatic heterocycles. The highest BCUT2D eigenvalue weighted by molar-refractivity contribution is 7.71. The molecule has 0 saturated heterocycles. The molecule has 9 heteroatoms. The molecule has 7 nitrogen and oxygen atoms in total. The molecule has 3 heterocycles. The van der Waals surface area contributed by atoms with Crippen molar-refractivity contribution in [1.82, 2.24) is 19.1 Å². The van der Waals surface area contributed by atoms with Crippen molar-refractivity contribution in [3.63, 3.8) is 0 Å². The first-order chi connectivity index (χ1) is 13.0. The Balaban J connectivity index is 1.77.